The van der Waals surface area contributed by atoms with E-state index in [1.54, 1.807) is 36.0 Å². The molecule has 0 heterocycles. The molecular weight excluding hydrogens is 220 g/mol. The monoisotopic (exact) mass is 229 g/mol. The van der Waals surface area contributed by atoms with Crippen molar-refractivity contribution in [1.82, 2.24) is 0 Å². The van der Waals surface area contributed by atoms with E-state index < -0.39 is 5.97 Å². The minimum absolute atomic E-state index is 0.206. The number of carbonyl (C=O) groups is 1. The van der Waals surface area contributed by atoms with Crippen molar-refractivity contribution >= 4 is 17.7 Å². The minimum Gasteiger partial charge on any atom is -0.545 e. The minimum atomic E-state index is -1.14. The van der Waals surface area contributed by atoms with Crippen molar-refractivity contribution in [2.45, 2.75) is 9.79 Å². The summed E-state index contributed by atoms with van der Waals surface area (Å²) in [5.41, 5.74) is 0.206. The Labute approximate surface area is 97.9 Å². The van der Waals surface area contributed by atoms with Gasteiger partial charge >= 0.3 is 0 Å². The number of benzene rings is 2. The van der Waals surface area contributed by atoms with Crippen LogP contribution in [0.1, 0.15) is 10.4 Å². The molecule has 0 bridgehead atoms. The summed E-state index contributed by atoms with van der Waals surface area (Å²) in [5.74, 6) is -1.14. The fraction of sp³-hybridized carbons (Fsp3) is 0. The van der Waals surface area contributed by atoms with Crippen LogP contribution in [0.25, 0.3) is 0 Å². The van der Waals surface area contributed by atoms with E-state index in [0.29, 0.717) is 0 Å². The number of rotatable bonds is 3. The van der Waals surface area contributed by atoms with Crippen molar-refractivity contribution in [3.8, 4) is 0 Å². The van der Waals surface area contributed by atoms with Gasteiger partial charge < -0.3 is 9.90 Å². The molecule has 3 heteroatoms. The third kappa shape index (κ3) is 2.64. The van der Waals surface area contributed by atoms with Crippen molar-refractivity contribution in [3.63, 3.8) is 0 Å². The Morgan fingerprint density at radius 3 is 2.00 bits per heavy atom. The maximum Gasteiger partial charge on any atom is 0.0715 e. The maximum absolute atomic E-state index is 10.6. The quantitative estimate of drug-likeness (QED) is 0.810. The molecule has 0 unspecified atom stereocenters. The predicted molar refractivity (Wildman–Crippen MR) is 61.3 cm³/mol. The van der Waals surface area contributed by atoms with Crippen LogP contribution in [0.2, 0.25) is 0 Å². The number of carboxylic acid groups (broad SMARTS) is 1. The molecule has 0 saturated heterocycles. The second-order valence-electron chi connectivity index (χ2n) is 3.23. The van der Waals surface area contributed by atoms with Crippen LogP contribution in [-0.4, -0.2) is 5.97 Å². The number of aromatic carboxylic acids is 1. The summed E-state index contributed by atoms with van der Waals surface area (Å²) in [6.07, 6.45) is 0. The first-order valence-electron chi connectivity index (χ1n) is 4.80. The van der Waals surface area contributed by atoms with Gasteiger partial charge in [0.25, 0.3) is 0 Å². The van der Waals surface area contributed by atoms with Crippen LogP contribution in [0, 0.1) is 0 Å². The second-order valence-corrected chi connectivity index (χ2v) is 4.37. The van der Waals surface area contributed by atoms with Crippen molar-refractivity contribution in [1.29, 1.82) is 0 Å². The van der Waals surface area contributed by atoms with Gasteiger partial charge in [-0.3, -0.25) is 0 Å². The SMILES string of the molecule is O=C([O-])c1ccc(Sc2ccccc2)cc1. The molecule has 0 saturated carbocycles. The van der Waals surface area contributed by atoms with Crippen molar-refractivity contribution in [3.05, 3.63) is 60.2 Å². The van der Waals surface area contributed by atoms with E-state index in [9.17, 15) is 9.90 Å². The van der Waals surface area contributed by atoms with Crippen molar-refractivity contribution in [2.24, 2.45) is 0 Å². The third-order valence-electron chi connectivity index (χ3n) is 2.07. The molecule has 80 valence electrons. The molecule has 0 atom stereocenters. The van der Waals surface area contributed by atoms with Gasteiger partial charge in [0.2, 0.25) is 0 Å². The molecule has 2 aromatic rings. The van der Waals surface area contributed by atoms with Crippen LogP contribution < -0.4 is 5.11 Å². The first kappa shape index (κ1) is 10.8. The molecule has 0 amide bonds. The molecule has 0 aliphatic heterocycles. The summed E-state index contributed by atoms with van der Waals surface area (Å²) in [5, 5.41) is 10.6. The van der Waals surface area contributed by atoms with Crippen LogP contribution in [0.3, 0.4) is 0 Å². The Bertz CT molecular complexity index is 477. The summed E-state index contributed by atoms with van der Waals surface area (Å²) in [7, 11) is 0. The lowest BCUT2D eigenvalue weighted by Gasteiger charge is -2.04. The highest BCUT2D eigenvalue weighted by molar-refractivity contribution is 7.99. The molecule has 0 fully saturated rings. The molecule has 16 heavy (non-hydrogen) atoms. The smallest absolute Gasteiger partial charge is 0.0715 e. The Morgan fingerprint density at radius 2 is 1.44 bits per heavy atom. The summed E-state index contributed by atoms with van der Waals surface area (Å²) in [6.45, 7) is 0. The van der Waals surface area contributed by atoms with E-state index in [1.807, 2.05) is 30.3 Å². The standard InChI is InChI=1S/C13H10O2S/c14-13(15)10-6-8-12(9-7-10)16-11-4-2-1-3-5-11/h1-9H,(H,14,15)/p-1. The summed E-state index contributed by atoms with van der Waals surface area (Å²) in [6, 6.07) is 16.6. The molecular formula is C13H9O2S-. The van der Waals surface area contributed by atoms with E-state index in [2.05, 4.69) is 0 Å². The number of hydrogen-bond donors (Lipinski definition) is 0. The first-order valence-corrected chi connectivity index (χ1v) is 5.62. The first-order chi connectivity index (χ1) is 7.75. The van der Waals surface area contributed by atoms with Gasteiger partial charge in [-0.2, -0.15) is 0 Å². The molecule has 0 aliphatic carbocycles. The summed E-state index contributed by atoms with van der Waals surface area (Å²) < 4.78 is 0. The average molecular weight is 229 g/mol. The third-order valence-corrected chi connectivity index (χ3v) is 3.08. The van der Waals surface area contributed by atoms with Crippen LogP contribution in [-0.2, 0) is 0 Å². The van der Waals surface area contributed by atoms with Crippen LogP contribution in [0.5, 0.6) is 0 Å². The lowest BCUT2D eigenvalue weighted by atomic mass is 10.2. The van der Waals surface area contributed by atoms with E-state index in [0.717, 1.165) is 9.79 Å². The Morgan fingerprint density at radius 1 is 0.875 bits per heavy atom. The molecule has 0 N–H and O–H groups in total. The predicted octanol–water partition coefficient (Wildman–Crippen LogP) is 2.20. The molecule has 0 aliphatic rings. The van der Waals surface area contributed by atoms with Crippen LogP contribution in [0.15, 0.2) is 64.4 Å². The fourth-order valence-corrected chi connectivity index (χ4v) is 2.12. The normalized spacial score (nSPS) is 10.0. The molecule has 0 radical (unpaired) electrons. The van der Waals surface area contributed by atoms with Gasteiger partial charge in [0, 0.05) is 9.79 Å². The average Bonchev–Trinajstić information content (AvgIpc) is 2.31. The number of carbonyl (C=O) groups excluding carboxylic acids is 1. The van der Waals surface area contributed by atoms with E-state index >= 15 is 0 Å². The fourth-order valence-electron chi connectivity index (χ4n) is 1.28. The molecule has 2 nitrogen and oxygen atoms in total. The molecule has 0 aromatic heterocycles. The molecule has 2 aromatic carbocycles. The van der Waals surface area contributed by atoms with Gasteiger partial charge in [0.05, 0.1) is 5.97 Å². The van der Waals surface area contributed by atoms with Gasteiger partial charge in [0.1, 0.15) is 0 Å². The van der Waals surface area contributed by atoms with E-state index in [1.165, 1.54) is 0 Å². The summed E-state index contributed by atoms with van der Waals surface area (Å²) >= 11 is 1.59. The van der Waals surface area contributed by atoms with Crippen molar-refractivity contribution in [2.75, 3.05) is 0 Å². The Kier molecular flexibility index (Phi) is 3.27. The topological polar surface area (TPSA) is 40.1 Å². The van der Waals surface area contributed by atoms with Gasteiger partial charge in [-0.15, -0.1) is 0 Å². The summed E-state index contributed by atoms with van der Waals surface area (Å²) in [4.78, 5) is 12.7. The van der Waals surface area contributed by atoms with Crippen LogP contribution in [0.4, 0.5) is 0 Å². The van der Waals surface area contributed by atoms with E-state index in [4.69, 9.17) is 0 Å². The highest BCUT2D eigenvalue weighted by Crippen LogP contribution is 2.27. The van der Waals surface area contributed by atoms with Gasteiger partial charge in [-0.05, 0) is 29.8 Å². The zero-order valence-corrected chi connectivity index (χ0v) is 9.24. The highest BCUT2D eigenvalue weighted by Gasteiger charge is 1.97. The lowest BCUT2D eigenvalue weighted by molar-refractivity contribution is -0.255. The van der Waals surface area contributed by atoms with Gasteiger partial charge in [-0.1, -0.05) is 42.1 Å². The second kappa shape index (κ2) is 4.86. The largest absolute Gasteiger partial charge is 0.545 e. The lowest BCUT2D eigenvalue weighted by Crippen LogP contribution is -2.21. The Balaban J connectivity index is 2.14. The van der Waals surface area contributed by atoms with E-state index in [-0.39, 0.29) is 5.56 Å². The van der Waals surface area contributed by atoms with Gasteiger partial charge in [-0.25, -0.2) is 0 Å². The Hall–Kier alpha value is -1.74. The number of hydrogen-bond acceptors (Lipinski definition) is 3. The highest BCUT2D eigenvalue weighted by atomic mass is 32.2. The van der Waals surface area contributed by atoms with Crippen molar-refractivity contribution < 1.29 is 9.90 Å². The van der Waals surface area contributed by atoms with Gasteiger partial charge in [0.15, 0.2) is 0 Å². The molecule has 2 rings (SSSR count). The number of carboxylic acids is 1. The maximum atomic E-state index is 10.6. The van der Waals surface area contributed by atoms with Crippen LogP contribution >= 0.6 is 11.8 Å². The zero-order valence-electron chi connectivity index (χ0n) is 8.42. The molecule has 0 spiro atoms. The zero-order chi connectivity index (χ0) is 11.4.